The fourth-order valence-electron chi connectivity index (χ4n) is 3.28. The van der Waals surface area contributed by atoms with Crippen molar-refractivity contribution < 1.29 is 9.47 Å². The third kappa shape index (κ3) is 6.76. The first kappa shape index (κ1) is 20.5. The minimum Gasteiger partial charge on any atom is -0.382 e. The van der Waals surface area contributed by atoms with Crippen molar-refractivity contribution in [2.24, 2.45) is 10.4 Å². The van der Waals surface area contributed by atoms with Crippen molar-refractivity contribution in [2.45, 2.75) is 52.5 Å². The van der Waals surface area contributed by atoms with Crippen LogP contribution in [-0.2, 0) is 9.47 Å². The summed E-state index contributed by atoms with van der Waals surface area (Å²) in [5.74, 6) is 0.937. The van der Waals surface area contributed by atoms with Crippen molar-refractivity contribution in [1.82, 2.24) is 15.5 Å². The Morgan fingerprint density at radius 3 is 2.52 bits per heavy atom. The lowest BCUT2D eigenvalue weighted by molar-refractivity contribution is -0.00684. The Balaban J connectivity index is 1.83. The molecule has 1 saturated heterocycles. The lowest BCUT2D eigenvalue weighted by atomic mass is 10.0. The normalized spacial score (nSPS) is 21.2. The van der Waals surface area contributed by atoms with Gasteiger partial charge in [0, 0.05) is 44.9 Å². The minimum atomic E-state index is 0.0539. The molecule has 25 heavy (non-hydrogen) atoms. The van der Waals surface area contributed by atoms with Gasteiger partial charge in [0.1, 0.15) is 0 Å². The maximum Gasteiger partial charge on any atom is 0.191 e. The molecule has 0 unspecified atom stereocenters. The van der Waals surface area contributed by atoms with E-state index in [0.717, 1.165) is 71.5 Å². The molecule has 1 heterocycles. The van der Waals surface area contributed by atoms with Crippen LogP contribution in [-0.4, -0.2) is 75.5 Å². The first-order valence-corrected chi connectivity index (χ1v) is 9.94. The van der Waals surface area contributed by atoms with Crippen LogP contribution in [0.15, 0.2) is 4.99 Å². The van der Waals surface area contributed by atoms with E-state index in [-0.39, 0.29) is 5.54 Å². The Morgan fingerprint density at radius 2 is 1.92 bits per heavy atom. The molecular weight excluding hydrogens is 316 g/mol. The van der Waals surface area contributed by atoms with Crippen LogP contribution in [0.2, 0.25) is 0 Å². The highest BCUT2D eigenvalue weighted by molar-refractivity contribution is 5.79. The molecule has 0 aromatic rings. The number of aliphatic imine (C=N–C) groups is 1. The van der Waals surface area contributed by atoms with Crippen LogP contribution in [0.5, 0.6) is 0 Å². The van der Waals surface area contributed by atoms with Crippen molar-refractivity contribution in [3.8, 4) is 0 Å². The summed E-state index contributed by atoms with van der Waals surface area (Å²) in [5.41, 5.74) is 0.476. The highest BCUT2D eigenvalue weighted by atomic mass is 16.5. The van der Waals surface area contributed by atoms with Crippen LogP contribution in [0.3, 0.4) is 0 Å². The van der Waals surface area contributed by atoms with Crippen molar-refractivity contribution in [3.05, 3.63) is 0 Å². The molecule has 1 aliphatic carbocycles. The maximum atomic E-state index is 5.53. The van der Waals surface area contributed by atoms with Crippen LogP contribution < -0.4 is 10.6 Å². The molecule has 0 bridgehead atoms. The highest BCUT2D eigenvalue weighted by Gasteiger charge is 2.42. The Labute approximate surface area is 153 Å². The summed E-state index contributed by atoms with van der Waals surface area (Å²) < 4.78 is 11.0. The SMILES string of the molecule is CCNC(=NCC(C)(C)N1CCOCC1)NCC1(CCOCC)CC1. The predicted molar refractivity (Wildman–Crippen MR) is 103 cm³/mol. The number of ether oxygens (including phenoxy) is 2. The monoisotopic (exact) mass is 354 g/mol. The number of hydrogen-bond donors (Lipinski definition) is 2. The summed E-state index contributed by atoms with van der Waals surface area (Å²) >= 11 is 0. The van der Waals surface area contributed by atoms with E-state index >= 15 is 0 Å². The summed E-state index contributed by atoms with van der Waals surface area (Å²) in [6, 6.07) is 0. The van der Waals surface area contributed by atoms with E-state index < -0.39 is 0 Å². The second kappa shape index (κ2) is 9.74. The van der Waals surface area contributed by atoms with Gasteiger partial charge in [0.25, 0.3) is 0 Å². The van der Waals surface area contributed by atoms with Gasteiger partial charge in [-0.15, -0.1) is 0 Å². The van der Waals surface area contributed by atoms with E-state index in [0.29, 0.717) is 5.41 Å². The second-order valence-electron chi connectivity index (χ2n) is 7.91. The van der Waals surface area contributed by atoms with Gasteiger partial charge >= 0.3 is 0 Å². The molecule has 0 aromatic heterocycles. The molecule has 2 rings (SSSR count). The van der Waals surface area contributed by atoms with E-state index in [4.69, 9.17) is 14.5 Å². The molecule has 1 saturated carbocycles. The average Bonchev–Trinajstić information content (AvgIpc) is 3.39. The first-order chi connectivity index (χ1) is 12.0. The molecule has 2 aliphatic rings. The van der Waals surface area contributed by atoms with Crippen molar-refractivity contribution >= 4 is 5.96 Å². The summed E-state index contributed by atoms with van der Waals surface area (Å²) in [7, 11) is 0. The average molecular weight is 355 g/mol. The molecule has 0 radical (unpaired) electrons. The third-order valence-electron chi connectivity index (χ3n) is 5.40. The molecule has 0 spiro atoms. The molecular formula is C19H38N4O2. The number of nitrogens with one attached hydrogen (secondary N) is 2. The maximum absolute atomic E-state index is 5.53. The second-order valence-corrected chi connectivity index (χ2v) is 7.91. The molecule has 2 fully saturated rings. The van der Waals surface area contributed by atoms with Crippen LogP contribution in [0.25, 0.3) is 0 Å². The van der Waals surface area contributed by atoms with Crippen molar-refractivity contribution in [3.63, 3.8) is 0 Å². The van der Waals surface area contributed by atoms with Gasteiger partial charge in [-0.05, 0) is 52.4 Å². The fraction of sp³-hybridized carbons (Fsp3) is 0.947. The van der Waals surface area contributed by atoms with Gasteiger partial charge in [0.15, 0.2) is 5.96 Å². The summed E-state index contributed by atoms with van der Waals surface area (Å²) in [6.07, 6.45) is 3.74. The van der Waals surface area contributed by atoms with Crippen LogP contribution in [0, 0.1) is 5.41 Å². The van der Waals surface area contributed by atoms with Gasteiger partial charge in [-0.25, -0.2) is 0 Å². The number of nitrogens with zero attached hydrogens (tertiary/aromatic N) is 2. The van der Waals surface area contributed by atoms with E-state index in [2.05, 4.69) is 43.2 Å². The van der Waals surface area contributed by atoms with E-state index in [1.165, 1.54) is 12.8 Å². The number of rotatable bonds is 10. The Morgan fingerprint density at radius 1 is 1.20 bits per heavy atom. The largest absolute Gasteiger partial charge is 0.382 e. The van der Waals surface area contributed by atoms with E-state index in [1.54, 1.807) is 0 Å². The zero-order valence-corrected chi connectivity index (χ0v) is 16.7. The van der Waals surface area contributed by atoms with Gasteiger partial charge in [-0.2, -0.15) is 0 Å². The lowest BCUT2D eigenvalue weighted by Gasteiger charge is -2.40. The number of hydrogen-bond acceptors (Lipinski definition) is 4. The molecule has 0 atom stereocenters. The summed E-state index contributed by atoms with van der Waals surface area (Å²) in [4.78, 5) is 7.35. The van der Waals surface area contributed by atoms with Crippen molar-refractivity contribution in [2.75, 3.05) is 59.2 Å². The van der Waals surface area contributed by atoms with Gasteiger partial charge < -0.3 is 20.1 Å². The fourth-order valence-corrected chi connectivity index (χ4v) is 3.28. The minimum absolute atomic E-state index is 0.0539. The molecule has 0 aromatic carbocycles. The smallest absolute Gasteiger partial charge is 0.191 e. The zero-order chi connectivity index (χ0) is 18.2. The van der Waals surface area contributed by atoms with Crippen LogP contribution in [0.4, 0.5) is 0 Å². The third-order valence-corrected chi connectivity index (χ3v) is 5.40. The molecule has 0 amide bonds. The Kier molecular flexibility index (Phi) is 7.97. The highest BCUT2D eigenvalue weighted by Crippen LogP contribution is 2.48. The van der Waals surface area contributed by atoms with Crippen LogP contribution >= 0.6 is 0 Å². The lowest BCUT2D eigenvalue weighted by Crippen LogP contribution is -2.52. The molecule has 6 heteroatoms. The quantitative estimate of drug-likeness (QED) is 0.356. The van der Waals surface area contributed by atoms with Gasteiger partial charge in [-0.3, -0.25) is 9.89 Å². The number of morpholine rings is 1. The van der Waals surface area contributed by atoms with Gasteiger partial charge in [0.2, 0.25) is 0 Å². The predicted octanol–water partition coefficient (Wildman–Crippen LogP) is 1.86. The molecule has 2 N–H and O–H groups in total. The molecule has 1 aliphatic heterocycles. The Hall–Kier alpha value is -0.850. The number of guanidine groups is 1. The standard InChI is InChI=1S/C19H38N4O2/c1-5-20-17(22-16-19(7-8-19)9-12-24-6-2)21-15-18(3,4)23-10-13-25-14-11-23/h5-16H2,1-4H3,(H2,20,21,22). The molecule has 146 valence electrons. The van der Waals surface area contributed by atoms with Crippen molar-refractivity contribution in [1.29, 1.82) is 0 Å². The van der Waals surface area contributed by atoms with Gasteiger partial charge in [-0.1, -0.05) is 0 Å². The summed E-state index contributed by atoms with van der Waals surface area (Å²) in [5, 5.41) is 6.96. The van der Waals surface area contributed by atoms with E-state index in [9.17, 15) is 0 Å². The Bertz CT molecular complexity index is 416. The van der Waals surface area contributed by atoms with E-state index in [1.807, 2.05) is 0 Å². The topological polar surface area (TPSA) is 58.1 Å². The van der Waals surface area contributed by atoms with Gasteiger partial charge in [0.05, 0.1) is 19.8 Å². The summed E-state index contributed by atoms with van der Waals surface area (Å²) in [6.45, 7) is 16.7. The molecule has 6 nitrogen and oxygen atoms in total. The zero-order valence-electron chi connectivity index (χ0n) is 16.7. The van der Waals surface area contributed by atoms with Crippen LogP contribution in [0.1, 0.15) is 47.0 Å². The first-order valence-electron chi connectivity index (χ1n) is 9.94.